The van der Waals surface area contributed by atoms with Crippen LogP contribution in [0.3, 0.4) is 0 Å². The number of nitrogens with one attached hydrogen (secondary N) is 1. The van der Waals surface area contributed by atoms with Gasteiger partial charge in [-0.15, -0.1) is 0 Å². The van der Waals surface area contributed by atoms with Crippen molar-refractivity contribution in [3.05, 3.63) is 23.3 Å². The Kier molecular flexibility index (Phi) is 4.60. The molecule has 0 bridgehead atoms. The number of hydrogen-bond donors (Lipinski definition) is 3. The topological polar surface area (TPSA) is 107 Å². The fraction of sp³-hybridized carbons (Fsp3) is 0.429. The summed E-state index contributed by atoms with van der Waals surface area (Å²) in [6.45, 7) is 6.07. The van der Waals surface area contributed by atoms with Crippen LogP contribution in [-0.4, -0.2) is 19.0 Å². The number of rotatable bonds is 4. The highest BCUT2D eigenvalue weighted by Gasteiger charge is 2.20. The van der Waals surface area contributed by atoms with Gasteiger partial charge >= 0.3 is 6.03 Å². The number of carbonyl (C=O) groups excluding carboxylic acids is 2. The van der Waals surface area contributed by atoms with Crippen molar-refractivity contribution < 1.29 is 14.3 Å². The molecule has 0 spiro atoms. The summed E-state index contributed by atoms with van der Waals surface area (Å²) in [4.78, 5) is 22.3. The maximum absolute atomic E-state index is 11.2. The Morgan fingerprint density at radius 1 is 1.25 bits per heavy atom. The third-order valence-corrected chi connectivity index (χ3v) is 2.86. The van der Waals surface area contributed by atoms with E-state index in [-0.39, 0.29) is 11.8 Å². The molecule has 0 radical (unpaired) electrons. The molecular formula is C14H21N3O3. The largest absolute Gasteiger partial charge is 0.494 e. The first kappa shape index (κ1) is 15.8. The van der Waals surface area contributed by atoms with E-state index < -0.39 is 11.9 Å². The highest BCUT2D eigenvalue weighted by Crippen LogP contribution is 2.35. The zero-order valence-electron chi connectivity index (χ0n) is 12.2. The molecule has 1 aromatic rings. The third-order valence-electron chi connectivity index (χ3n) is 2.86. The maximum Gasteiger partial charge on any atom is 0.316 e. The Bertz CT molecular complexity index is 496. The maximum atomic E-state index is 11.2. The monoisotopic (exact) mass is 279 g/mol. The van der Waals surface area contributed by atoms with Crippen LogP contribution in [0.2, 0.25) is 0 Å². The molecule has 6 nitrogen and oxygen atoms in total. The summed E-state index contributed by atoms with van der Waals surface area (Å²) in [5.41, 5.74) is 12.3. The van der Waals surface area contributed by atoms with E-state index in [1.165, 1.54) is 7.11 Å². The standard InChI is InChI=1S/C14H21N3O3/c1-14(2,3)9-5-8(6-11(15)18)12(20-4)10(7-9)17-13(16)19/h5,7H,6H2,1-4H3,(H2,15,18)(H3,16,17,19). The molecule has 1 aromatic carbocycles. The third kappa shape index (κ3) is 3.88. The van der Waals surface area contributed by atoms with Crippen LogP contribution in [0.5, 0.6) is 5.75 Å². The zero-order valence-corrected chi connectivity index (χ0v) is 12.2. The smallest absolute Gasteiger partial charge is 0.316 e. The van der Waals surface area contributed by atoms with Crippen LogP contribution in [0.25, 0.3) is 0 Å². The van der Waals surface area contributed by atoms with Crippen molar-refractivity contribution >= 4 is 17.6 Å². The summed E-state index contributed by atoms with van der Waals surface area (Å²) < 4.78 is 5.27. The van der Waals surface area contributed by atoms with Gasteiger partial charge in [0.1, 0.15) is 5.75 Å². The lowest BCUT2D eigenvalue weighted by Crippen LogP contribution is -2.22. The number of nitrogens with two attached hydrogens (primary N) is 2. The first-order valence-electron chi connectivity index (χ1n) is 6.21. The normalized spacial score (nSPS) is 11.0. The molecule has 0 atom stereocenters. The molecule has 0 aliphatic carbocycles. The van der Waals surface area contributed by atoms with Crippen LogP contribution < -0.4 is 21.5 Å². The van der Waals surface area contributed by atoms with E-state index in [4.69, 9.17) is 16.2 Å². The van der Waals surface area contributed by atoms with Crippen LogP contribution in [0.1, 0.15) is 31.9 Å². The van der Waals surface area contributed by atoms with Crippen molar-refractivity contribution in [3.63, 3.8) is 0 Å². The molecule has 110 valence electrons. The average molecular weight is 279 g/mol. The molecule has 0 aliphatic rings. The summed E-state index contributed by atoms with van der Waals surface area (Å²) in [5, 5.41) is 2.51. The Balaban J connectivity index is 3.46. The number of amides is 3. The van der Waals surface area contributed by atoms with Gasteiger partial charge in [-0.1, -0.05) is 26.8 Å². The van der Waals surface area contributed by atoms with Crippen molar-refractivity contribution in [3.8, 4) is 5.75 Å². The second kappa shape index (κ2) is 5.81. The molecule has 0 aliphatic heterocycles. The Morgan fingerprint density at radius 3 is 2.25 bits per heavy atom. The van der Waals surface area contributed by atoms with E-state index >= 15 is 0 Å². The van der Waals surface area contributed by atoms with Crippen molar-refractivity contribution in [2.75, 3.05) is 12.4 Å². The molecule has 0 unspecified atom stereocenters. The second-order valence-corrected chi connectivity index (χ2v) is 5.60. The van der Waals surface area contributed by atoms with E-state index in [0.717, 1.165) is 5.56 Å². The van der Waals surface area contributed by atoms with Crippen LogP contribution in [0.4, 0.5) is 10.5 Å². The minimum atomic E-state index is -0.695. The van der Waals surface area contributed by atoms with Gasteiger partial charge in [-0.3, -0.25) is 4.79 Å². The number of urea groups is 1. The summed E-state index contributed by atoms with van der Waals surface area (Å²) in [5.74, 6) is -0.0741. The molecule has 20 heavy (non-hydrogen) atoms. The molecule has 0 heterocycles. The van der Waals surface area contributed by atoms with Gasteiger partial charge in [0.05, 0.1) is 19.2 Å². The quantitative estimate of drug-likeness (QED) is 0.777. The minimum absolute atomic E-state index is 0.0283. The van der Waals surface area contributed by atoms with Gasteiger partial charge in [-0.05, 0) is 17.0 Å². The number of hydrogen-bond acceptors (Lipinski definition) is 3. The lowest BCUT2D eigenvalue weighted by Gasteiger charge is -2.23. The number of carbonyl (C=O) groups is 2. The molecule has 0 saturated heterocycles. The zero-order chi connectivity index (χ0) is 15.5. The molecular weight excluding hydrogens is 258 g/mol. The summed E-state index contributed by atoms with van der Waals surface area (Å²) in [7, 11) is 1.46. The molecule has 0 aromatic heterocycles. The Morgan fingerprint density at radius 2 is 1.85 bits per heavy atom. The number of methoxy groups -OCH3 is 1. The fourth-order valence-electron chi connectivity index (χ4n) is 1.91. The molecule has 1 rings (SSSR count). The van der Waals surface area contributed by atoms with Crippen LogP contribution >= 0.6 is 0 Å². The molecule has 3 amide bonds. The molecule has 0 saturated carbocycles. The number of ether oxygens (including phenoxy) is 1. The van der Waals surface area contributed by atoms with E-state index in [1.807, 2.05) is 26.8 Å². The molecule has 0 fully saturated rings. The molecule has 5 N–H and O–H groups in total. The SMILES string of the molecule is COc1c(CC(N)=O)cc(C(C)(C)C)cc1NC(N)=O. The van der Waals surface area contributed by atoms with Crippen LogP contribution in [0.15, 0.2) is 12.1 Å². The number of benzene rings is 1. The second-order valence-electron chi connectivity index (χ2n) is 5.60. The van der Waals surface area contributed by atoms with E-state index in [1.54, 1.807) is 6.07 Å². The number of primary amides is 2. The summed E-state index contributed by atoms with van der Waals surface area (Å²) in [6, 6.07) is 2.95. The lowest BCUT2D eigenvalue weighted by atomic mass is 9.85. The van der Waals surface area contributed by atoms with Gasteiger partial charge in [0.2, 0.25) is 5.91 Å². The van der Waals surface area contributed by atoms with Gasteiger partial charge < -0.3 is 21.5 Å². The first-order chi connectivity index (χ1) is 9.15. The van der Waals surface area contributed by atoms with Crippen LogP contribution in [-0.2, 0) is 16.6 Å². The van der Waals surface area contributed by atoms with Crippen LogP contribution in [0, 0.1) is 0 Å². The van der Waals surface area contributed by atoms with Gasteiger partial charge in [0, 0.05) is 5.56 Å². The van der Waals surface area contributed by atoms with Crippen molar-refractivity contribution in [1.29, 1.82) is 0 Å². The summed E-state index contributed by atoms with van der Waals surface area (Å²) >= 11 is 0. The van der Waals surface area contributed by atoms with Crippen molar-refractivity contribution in [1.82, 2.24) is 0 Å². The lowest BCUT2D eigenvalue weighted by molar-refractivity contribution is -0.117. The molecule has 6 heteroatoms. The average Bonchev–Trinajstić information content (AvgIpc) is 2.25. The minimum Gasteiger partial charge on any atom is -0.494 e. The summed E-state index contributed by atoms with van der Waals surface area (Å²) in [6.07, 6.45) is 0.0283. The van der Waals surface area contributed by atoms with E-state index in [2.05, 4.69) is 5.32 Å². The Labute approximate surface area is 118 Å². The Hall–Kier alpha value is -2.24. The van der Waals surface area contributed by atoms with Gasteiger partial charge in [0.15, 0.2) is 0 Å². The van der Waals surface area contributed by atoms with Gasteiger partial charge in [-0.25, -0.2) is 4.79 Å². The van der Waals surface area contributed by atoms with Gasteiger partial charge in [0.25, 0.3) is 0 Å². The van der Waals surface area contributed by atoms with E-state index in [0.29, 0.717) is 17.0 Å². The predicted molar refractivity (Wildman–Crippen MR) is 77.8 cm³/mol. The van der Waals surface area contributed by atoms with Crippen molar-refractivity contribution in [2.24, 2.45) is 11.5 Å². The first-order valence-corrected chi connectivity index (χ1v) is 6.21. The fourth-order valence-corrected chi connectivity index (χ4v) is 1.91. The van der Waals surface area contributed by atoms with E-state index in [9.17, 15) is 9.59 Å². The number of anilines is 1. The highest BCUT2D eigenvalue weighted by molar-refractivity contribution is 5.91. The van der Waals surface area contributed by atoms with Gasteiger partial charge in [-0.2, -0.15) is 0 Å². The highest BCUT2D eigenvalue weighted by atomic mass is 16.5. The predicted octanol–water partition coefficient (Wildman–Crippen LogP) is 1.51. The van der Waals surface area contributed by atoms with Crippen molar-refractivity contribution in [2.45, 2.75) is 32.6 Å².